The lowest BCUT2D eigenvalue weighted by atomic mass is 10.0. The van der Waals surface area contributed by atoms with Crippen molar-refractivity contribution < 1.29 is 14.3 Å². The summed E-state index contributed by atoms with van der Waals surface area (Å²) in [4.78, 5) is 26.1. The van der Waals surface area contributed by atoms with Gasteiger partial charge in [-0.3, -0.25) is 9.59 Å². The average molecular weight is 254 g/mol. The summed E-state index contributed by atoms with van der Waals surface area (Å²) in [5, 5.41) is 2.84. The van der Waals surface area contributed by atoms with Gasteiger partial charge < -0.3 is 15.0 Å². The van der Waals surface area contributed by atoms with Crippen LogP contribution in [0.5, 0.6) is 0 Å². The highest BCUT2D eigenvalue weighted by Crippen LogP contribution is 2.19. The van der Waals surface area contributed by atoms with Gasteiger partial charge in [-0.2, -0.15) is 0 Å². The van der Waals surface area contributed by atoms with Crippen molar-refractivity contribution in [2.24, 2.45) is 5.92 Å². The van der Waals surface area contributed by atoms with Crippen molar-refractivity contribution in [3.63, 3.8) is 0 Å². The molecule has 2 fully saturated rings. The predicted molar refractivity (Wildman–Crippen MR) is 66.9 cm³/mol. The van der Waals surface area contributed by atoms with Crippen LogP contribution in [0, 0.1) is 5.92 Å². The molecule has 0 spiro atoms. The summed E-state index contributed by atoms with van der Waals surface area (Å²) >= 11 is 0. The molecule has 2 saturated heterocycles. The van der Waals surface area contributed by atoms with E-state index in [1.807, 2.05) is 18.7 Å². The molecule has 0 saturated carbocycles. The van der Waals surface area contributed by atoms with Crippen LogP contribution >= 0.6 is 0 Å². The van der Waals surface area contributed by atoms with E-state index in [0.29, 0.717) is 26.2 Å². The van der Waals surface area contributed by atoms with Crippen molar-refractivity contribution in [1.82, 2.24) is 10.2 Å². The molecule has 0 aromatic carbocycles. The third-order valence-electron chi connectivity index (χ3n) is 3.74. The molecular weight excluding hydrogens is 232 g/mol. The zero-order valence-electron chi connectivity index (χ0n) is 11.1. The second-order valence-corrected chi connectivity index (χ2v) is 5.41. The highest BCUT2D eigenvalue weighted by molar-refractivity contribution is 5.90. The SMILES string of the molecule is CC(C)C1NC(=O)CCN(C2CCOCC2)C1=O. The molecule has 0 aromatic rings. The monoisotopic (exact) mass is 254 g/mol. The molecule has 2 aliphatic heterocycles. The molecule has 5 nitrogen and oxygen atoms in total. The molecule has 0 radical (unpaired) electrons. The van der Waals surface area contributed by atoms with E-state index < -0.39 is 0 Å². The molecule has 1 unspecified atom stereocenters. The Kier molecular flexibility index (Phi) is 4.22. The molecule has 102 valence electrons. The molecule has 2 aliphatic rings. The molecule has 0 aromatic heterocycles. The maximum Gasteiger partial charge on any atom is 0.245 e. The first-order valence-electron chi connectivity index (χ1n) is 6.77. The number of hydrogen-bond donors (Lipinski definition) is 1. The van der Waals surface area contributed by atoms with Gasteiger partial charge in [0.1, 0.15) is 6.04 Å². The Bertz CT molecular complexity index is 324. The molecule has 18 heavy (non-hydrogen) atoms. The third-order valence-corrected chi connectivity index (χ3v) is 3.74. The normalized spacial score (nSPS) is 27.3. The minimum absolute atomic E-state index is 0.0170. The molecule has 0 aliphatic carbocycles. The summed E-state index contributed by atoms with van der Waals surface area (Å²) < 4.78 is 5.33. The molecule has 0 bridgehead atoms. The number of carbonyl (C=O) groups excluding carboxylic acids is 2. The zero-order valence-corrected chi connectivity index (χ0v) is 11.1. The van der Waals surface area contributed by atoms with Crippen molar-refractivity contribution in [1.29, 1.82) is 0 Å². The largest absolute Gasteiger partial charge is 0.381 e. The minimum atomic E-state index is -0.372. The molecule has 2 heterocycles. The summed E-state index contributed by atoms with van der Waals surface area (Å²) in [6, 6.07) is -0.136. The van der Waals surface area contributed by atoms with E-state index in [1.165, 1.54) is 0 Å². The zero-order chi connectivity index (χ0) is 13.1. The standard InChI is InChI=1S/C13H22N2O3/c1-9(2)12-13(17)15(6-3-11(16)14-12)10-4-7-18-8-5-10/h9-10,12H,3-8H2,1-2H3,(H,14,16). The lowest BCUT2D eigenvalue weighted by Gasteiger charge is -2.35. The van der Waals surface area contributed by atoms with Gasteiger partial charge in [-0.1, -0.05) is 13.8 Å². The summed E-state index contributed by atoms with van der Waals surface area (Å²) in [5.41, 5.74) is 0. The van der Waals surface area contributed by atoms with Crippen LogP contribution in [0.4, 0.5) is 0 Å². The fourth-order valence-corrected chi connectivity index (χ4v) is 2.63. The Morgan fingerprint density at radius 2 is 1.94 bits per heavy atom. The third kappa shape index (κ3) is 2.83. The number of rotatable bonds is 2. The van der Waals surface area contributed by atoms with E-state index in [2.05, 4.69) is 5.32 Å². The topological polar surface area (TPSA) is 58.6 Å². The van der Waals surface area contributed by atoms with E-state index in [4.69, 9.17) is 4.74 Å². The molecule has 2 rings (SSSR count). The van der Waals surface area contributed by atoms with Gasteiger partial charge in [0.25, 0.3) is 0 Å². The number of hydrogen-bond acceptors (Lipinski definition) is 3. The average Bonchev–Trinajstić information content (AvgIpc) is 2.50. The van der Waals surface area contributed by atoms with Crippen molar-refractivity contribution >= 4 is 11.8 Å². The van der Waals surface area contributed by atoms with Crippen LogP contribution in [0.2, 0.25) is 0 Å². The molecule has 5 heteroatoms. The molecular formula is C13H22N2O3. The summed E-state index contributed by atoms with van der Waals surface area (Å²) in [6.07, 6.45) is 2.17. The van der Waals surface area contributed by atoms with E-state index in [9.17, 15) is 9.59 Å². The minimum Gasteiger partial charge on any atom is -0.381 e. The van der Waals surface area contributed by atoms with Crippen LogP contribution in [0.25, 0.3) is 0 Å². The van der Waals surface area contributed by atoms with Crippen LogP contribution in [0.3, 0.4) is 0 Å². The Balaban J connectivity index is 2.12. The van der Waals surface area contributed by atoms with Crippen LogP contribution < -0.4 is 5.32 Å². The number of nitrogens with zero attached hydrogens (tertiary/aromatic N) is 1. The lowest BCUT2D eigenvalue weighted by molar-refractivity contribution is -0.138. The Labute approximate surface area is 108 Å². The van der Waals surface area contributed by atoms with Crippen molar-refractivity contribution in [2.75, 3.05) is 19.8 Å². The van der Waals surface area contributed by atoms with Crippen LogP contribution in [-0.2, 0) is 14.3 Å². The van der Waals surface area contributed by atoms with E-state index >= 15 is 0 Å². The molecule has 1 N–H and O–H groups in total. The smallest absolute Gasteiger partial charge is 0.245 e. The Morgan fingerprint density at radius 1 is 1.28 bits per heavy atom. The van der Waals surface area contributed by atoms with Crippen molar-refractivity contribution in [3.8, 4) is 0 Å². The second-order valence-electron chi connectivity index (χ2n) is 5.41. The van der Waals surface area contributed by atoms with Gasteiger partial charge in [-0.05, 0) is 18.8 Å². The summed E-state index contributed by atoms with van der Waals surface area (Å²) in [5.74, 6) is 0.182. The van der Waals surface area contributed by atoms with Crippen LogP contribution in [0.1, 0.15) is 33.1 Å². The van der Waals surface area contributed by atoms with Crippen LogP contribution in [0.15, 0.2) is 0 Å². The fourth-order valence-electron chi connectivity index (χ4n) is 2.63. The van der Waals surface area contributed by atoms with Gasteiger partial charge >= 0.3 is 0 Å². The van der Waals surface area contributed by atoms with Crippen molar-refractivity contribution in [2.45, 2.75) is 45.2 Å². The first-order chi connectivity index (χ1) is 8.59. The highest BCUT2D eigenvalue weighted by atomic mass is 16.5. The van der Waals surface area contributed by atoms with Gasteiger partial charge in [0, 0.05) is 32.2 Å². The fraction of sp³-hybridized carbons (Fsp3) is 0.846. The van der Waals surface area contributed by atoms with Crippen molar-refractivity contribution in [3.05, 3.63) is 0 Å². The number of nitrogens with one attached hydrogen (secondary N) is 1. The lowest BCUT2D eigenvalue weighted by Crippen LogP contribution is -2.51. The highest BCUT2D eigenvalue weighted by Gasteiger charge is 2.35. The first kappa shape index (κ1) is 13.3. The van der Waals surface area contributed by atoms with E-state index in [0.717, 1.165) is 12.8 Å². The van der Waals surface area contributed by atoms with Crippen LogP contribution in [-0.4, -0.2) is 48.6 Å². The number of ether oxygens (including phenoxy) is 1. The predicted octanol–water partition coefficient (Wildman–Crippen LogP) is 0.538. The van der Waals surface area contributed by atoms with Gasteiger partial charge in [-0.15, -0.1) is 0 Å². The Hall–Kier alpha value is -1.10. The van der Waals surface area contributed by atoms with Gasteiger partial charge in [-0.25, -0.2) is 0 Å². The number of amides is 2. The second kappa shape index (κ2) is 5.69. The molecule has 1 atom stereocenters. The van der Waals surface area contributed by atoms with Gasteiger partial charge in [0.05, 0.1) is 0 Å². The first-order valence-corrected chi connectivity index (χ1v) is 6.77. The van der Waals surface area contributed by atoms with E-state index in [-0.39, 0.29) is 29.8 Å². The quantitative estimate of drug-likeness (QED) is 0.782. The summed E-state index contributed by atoms with van der Waals surface area (Å²) in [6.45, 7) is 5.90. The number of carbonyl (C=O) groups is 2. The maximum absolute atomic E-state index is 12.5. The summed E-state index contributed by atoms with van der Waals surface area (Å²) in [7, 11) is 0. The molecule has 2 amide bonds. The van der Waals surface area contributed by atoms with Gasteiger partial charge in [0.2, 0.25) is 11.8 Å². The van der Waals surface area contributed by atoms with E-state index in [1.54, 1.807) is 0 Å². The van der Waals surface area contributed by atoms with Gasteiger partial charge in [0.15, 0.2) is 0 Å². The maximum atomic E-state index is 12.5. The Morgan fingerprint density at radius 3 is 2.56 bits per heavy atom.